The van der Waals surface area contributed by atoms with Crippen molar-refractivity contribution in [1.29, 1.82) is 0 Å². The molecule has 36 heavy (non-hydrogen) atoms. The van der Waals surface area contributed by atoms with Gasteiger partial charge >= 0.3 is 0 Å². The quantitative estimate of drug-likeness (QED) is 0.143. The van der Waals surface area contributed by atoms with Crippen molar-refractivity contribution in [2.45, 2.75) is 113 Å². The number of nitrogens with zero attached hydrogens (tertiary/aromatic N) is 2. The topological polar surface area (TPSA) is 73.8 Å². The zero-order chi connectivity index (χ0) is 27.3. The van der Waals surface area contributed by atoms with Crippen molar-refractivity contribution in [2.75, 3.05) is 26.2 Å². The molecule has 6 nitrogen and oxygen atoms in total. The summed E-state index contributed by atoms with van der Waals surface area (Å²) in [5.41, 5.74) is 2.41. The Hall–Kier alpha value is -2.11. The third-order valence-electron chi connectivity index (χ3n) is 6.83. The number of hydrogen-bond donors (Lipinski definition) is 2. The number of rotatable bonds is 11. The first-order chi connectivity index (χ1) is 17.5. The van der Waals surface area contributed by atoms with Crippen LogP contribution in [0.5, 0.6) is 0 Å². The summed E-state index contributed by atoms with van der Waals surface area (Å²) >= 11 is 0. The molecule has 0 radical (unpaired) electrons. The molecule has 0 unspecified atom stereocenters. The second-order valence-electron chi connectivity index (χ2n) is 9.38. The summed E-state index contributed by atoms with van der Waals surface area (Å²) < 4.78 is 0. The molecular formula is C30H56N4O2. The van der Waals surface area contributed by atoms with Gasteiger partial charge in [-0.1, -0.05) is 73.8 Å². The van der Waals surface area contributed by atoms with Crippen LogP contribution in [0.25, 0.3) is 0 Å². The Morgan fingerprint density at radius 2 is 1.58 bits per heavy atom. The smallest absolute Gasteiger partial charge is 0.249 e. The third kappa shape index (κ3) is 12.7. The maximum atomic E-state index is 12.8. The summed E-state index contributed by atoms with van der Waals surface area (Å²) in [6.07, 6.45) is 12.4. The molecule has 1 aliphatic heterocycles. The fourth-order valence-corrected chi connectivity index (χ4v) is 4.68. The molecule has 0 spiro atoms. The van der Waals surface area contributed by atoms with Crippen molar-refractivity contribution in [3.05, 3.63) is 23.4 Å². The fourth-order valence-electron chi connectivity index (χ4n) is 4.68. The highest BCUT2D eigenvalue weighted by Gasteiger charge is 2.21. The molecule has 2 fully saturated rings. The lowest BCUT2D eigenvalue weighted by atomic mass is 9.89. The molecule has 0 aromatic carbocycles. The lowest BCUT2D eigenvalue weighted by Gasteiger charge is -2.31. The number of hydrogen-bond acceptors (Lipinski definition) is 3. The van der Waals surface area contributed by atoms with Crippen LogP contribution in [0.15, 0.2) is 28.4 Å². The van der Waals surface area contributed by atoms with E-state index in [0.29, 0.717) is 23.8 Å². The van der Waals surface area contributed by atoms with Crippen molar-refractivity contribution >= 4 is 18.2 Å². The molecule has 6 heteroatoms. The van der Waals surface area contributed by atoms with Crippen LogP contribution in [0.1, 0.15) is 113 Å². The molecule has 0 aromatic heterocycles. The van der Waals surface area contributed by atoms with E-state index in [1.54, 1.807) is 6.34 Å². The monoisotopic (exact) mass is 504 g/mol. The van der Waals surface area contributed by atoms with Crippen molar-refractivity contribution in [3.63, 3.8) is 0 Å². The van der Waals surface area contributed by atoms with Gasteiger partial charge in [0.05, 0.1) is 12.0 Å². The third-order valence-corrected chi connectivity index (χ3v) is 6.83. The Morgan fingerprint density at radius 1 is 0.972 bits per heavy atom. The first-order valence-corrected chi connectivity index (χ1v) is 14.7. The van der Waals surface area contributed by atoms with Crippen LogP contribution >= 0.6 is 0 Å². The summed E-state index contributed by atoms with van der Waals surface area (Å²) in [6, 6.07) is 0. The second-order valence-corrected chi connectivity index (χ2v) is 9.38. The lowest BCUT2D eigenvalue weighted by Crippen LogP contribution is -2.38. The minimum atomic E-state index is -0.0170. The van der Waals surface area contributed by atoms with Gasteiger partial charge in [0, 0.05) is 38.2 Å². The number of amides is 2. The predicted molar refractivity (Wildman–Crippen MR) is 155 cm³/mol. The highest BCUT2D eigenvalue weighted by atomic mass is 16.2. The Bertz CT molecular complexity index is 685. The Labute approximate surface area is 222 Å². The molecular weight excluding hydrogens is 448 g/mol. The molecule has 0 aromatic rings. The molecule has 2 aliphatic rings. The van der Waals surface area contributed by atoms with E-state index >= 15 is 0 Å². The van der Waals surface area contributed by atoms with Crippen molar-refractivity contribution in [3.8, 4) is 0 Å². The molecule has 2 amide bonds. The van der Waals surface area contributed by atoms with Gasteiger partial charge in [0.25, 0.3) is 0 Å². The van der Waals surface area contributed by atoms with Gasteiger partial charge in [-0.2, -0.15) is 0 Å². The number of carbonyl (C=O) groups excluding carboxylic acids is 2. The number of aliphatic imine (C=N–C) groups is 1. The second kappa shape index (κ2) is 21.0. The predicted octanol–water partition coefficient (Wildman–Crippen LogP) is 6.63. The Kier molecular flexibility index (Phi) is 19.8. The molecule has 2 N–H and O–H groups in total. The van der Waals surface area contributed by atoms with E-state index in [4.69, 9.17) is 0 Å². The molecule has 1 aliphatic carbocycles. The van der Waals surface area contributed by atoms with Crippen LogP contribution < -0.4 is 10.6 Å². The Balaban J connectivity index is 0.00000291. The standard InChI is InChI=1S/C26H44N4O2.2C2H6/c1-5-10-20(3)25(21(4)26(32)28-18-22-11-8-7-9-12-22)29-19-27-17-23-13-15-30(16-14-23)24(31)6-2;2*1-2/h19,22-23H,3,5-18H2,1-2,4H3,(H,27,29)(H,28,32);2*1-2H3/b25-21-;;. The average molecular weight is 505 g/mol. The average Bonchev–Trinajstić information content (AvgIpc) is 2.94. The van der Waals surface area contributed by atoms with Gasteiger partial charge in [-0.25, -0.2) is 0 Å². The molecule has 0 atom stereocenters. The number of allylic oxidation sites excluding steroid dienone is 1. The van der Waals surface area contributed by atoms with Crippen LogP contribution in [0.3, 0.4) is 0 Å². The SMILES string of the molecule is C=C(CCC)/C(NC=NCC1CCN(C(=O)CC)CC1)=C(\C)C(=O)NCC1CCCCC1.CC.CC. The normalized spacial score (nSPS) is 17.2. The zero-order valence-electron chi connectivity index (χ0n) is 24.5. The summed E-state index contributed by atoms with van der Waals surface area (Å²) in [4.78, 5) is 31.2. The van der Waals surface area contributed by atoms with Crippen molar-refractivity contribution in [2.24, 2.45) is 16.8 Å². The van der Waals surface area contributed by atoms with E-state index in [0.717, 1.165) is 63.1 Å². The van der Waals surface area contributed by atoms with E-state index in [2.05, 4.69) is 29.1 Å². The van der Waals surface area contributed by atoms with Gasteiger partial charge in [0.2, 0.25) is 11.8 Å². The van der Waals surface area contributed by atoms with Crippen molar-refractivity contribution < 1.29 is 9.59 Å². The van der Waals surface area contributed by atoms with Gasteiger partial charge in [-0.3, -0.25) is 14.6 Å². The lowest BCUT2D eigenvalue weighted by molar-refractivity contribution is -0.132. The molecule has 1 saturated heterocycles. The summed E-state index contributed by atoms with van der Waals surface area (Å²) in [7, 11) is 0. The minimum Gasteiger partial charge on any atom is -0.352 e. The fraction of sp³-hybridized carbons (Fsp3) is 0.767. The molecule has 2 rings (SSSR count). The highest BCUT2D eigenvalue weighted by Crippen LogP contribution is 2.23. The number of piperidine rings is 1. The van der Waals surface area contributed by atoms with Gasteiger partial charge in [-0.05, 0) is 56.4 Å². The van der Waals surface area contributed by atoms with E-state index in [-0.39, 0.29) is 11.8 Å². The van der Waals surface area contributed by atoms with Crippen LogP contribution in [0.2, 0.25) is 0 Å². The van der Waals surface area contributed by atoms with Gasteiger partial charge in [0.1, 0.15) is 0 Å². The highest BCUT2D eigenvalue weighted by molar-refractivity contribution is 5.94. The van der Waals surface area contributed by atoms with E-state index in [1.165, 1.54) is 32.1 Å². The minimum absolute atomic E-state index is 0.0170. The van der Waals surface area contributed by atoms with Crippen LogP contribution in [0, 0.1) is 11.8 Å². The summed E-state index contributed by atoms with van der Waals surface area (Å²) in [5.74, 6) is 1.34. The molecule has 208 valence electrons. The first-order valence-electron chi connectivity index (χ1n) is 14.7. The van der Waals surface area contributed by atoms with Crippen molar-refractivity contribution in [1.82, 2.24) is 15.5 Å². The number of nitrogens with one attached hydrogen (secondary N) is 2. The van der Waals surface area contributed by atoms with Crippen LogP contribution in [-0.2, 0) is 9.59 Å². The van der Waals surface area contributed by atoms with E-state index in [9.17, 15) is 9.59 Å². The molecule has 0 bridgehead atoms. The van der Waals surface area contributed by atoms with Crippen LogP contribution in [0.4, 0.5) is 0 Å². The van der Waals surface area contributed by atoms with Gasteiger partial charge in [0.15, 0.2) is 0 Å². The first kappa shape index (κ1) is 33.9. The maximum absolute atomic E-state index is 12.8. The number of carbonyl (C=O) groups is 2. The van der Waals surface area contributed by atoms with Gasteiger partial charge in [-0.15, -0.1) is 0 Å². The summed E-state index contributed by atoms with van der Waals surface area (Å²) in [6.45, 7) is 21.3. The van der Waals surface area contributed by atoms with E-state index < -0.39 is 0 Å². The number of likely N-dealkylation sites (tertiary alicyclic amines) is 1. The largest absolute Gasteiger partial charge is 0.352 e. The Morgan fingerprint density at radius 3 is 2.14 bits per heavy atom. The van der Waals surface area contributed by atoms with E-state index in [1.807, 2.05) is 46.4 Å². The maximum Gasteiger partial charge on any atom is 0.249 e. The van der Waals surface area contributed by atoms with Gasteiger partial charge < -0.3 is 15.5 Å². The summed E-state index contributed by atoms with van der Waals surface area (Å²) in [5, 5.41) is 6.40. The van der Waals surface area contributed by atoms with Crippen LogP contribution in [-0.4, -0.2) is 49.2 Å². The molecule has 1 heterocycles. The molecule has 1 saturated carbocycles. The zero-order valence-corrected chi connectivity index (χ0v) is 24.5.